The quantitative estimate of drug-likeness (QED) is 0.799. The van der Waals surface area contributed by atoms with Gasteiger partial charge in [0.2, 0.25) is 11.8 Å². The van der Waals surface area contributed by atoms with E-state index in [2.05, 4.69) is 15.1 Å². The number of carbonyl (C=O) groups is 1. The smallest absolute Gasteiger partial charge is 0.262 e. The summed E-state index contributed by atoms with van der Waals surface area (Å²) in [6.45, 7) is 0.844. The van der Waals surface area contributed by atoms with Crippen molar-refractivity contribution in [3.63, 3.8) is 0 Å². The molecule has 3 heterocycles. The summed E-state index contributed by atoms with van der Waals surface area (Å²) in [4.78, 5) is 34.8. The predicted octanol–water partition coefficient (Wildman–Crippen LogP) is 3.32. The lowest BCUT2D eigenvalue weighted by Gasteiger charge is -2.39. The first-order valence-corrected chi connectivity index (χ1v) is 11.1. The molecule has 5 rings (SSSR count). The number of hydrogen-bond donors (Lipinski definition) is 1. The van der Waals surface area contributed by atoms with Crippen LogP contribution in [0.5, 0.6) is 0 Å². The highest BCUT2D eigenvalue weighted by Gasteiger charge is 2.42. The number of H-pyrrole nitrogens is 1. The Kier molecular flexibility index (Phi) is 5.05. The highest BCUT2D eigenvalue weighted by atomic mass is 19.3. The Morgan fingerprint density at radius 3 is 2.45 bits per heavy atom. The summed E-state index contributed by atoms with van der Waals surface area (Å²) < 4.78 is 42.1. The highest BCUT2D eigenvalue weighted by Crippen LogP contribution is 2.43. The molecule has 3 fully saturated rings. The van der Waals surface area contributed by atoms with Crippen LogP contribution < -0.4 is 5.56 Å². The van der Waals surface area contributed by atoms with Crippen molar-refractivity contribution in [1.29, 1.82) is 0 Å². The number of aromatic nitrogens is 4. The van der Waals surface area contributed by atoms with Crippen molar-refractivity contribution in [3.8, 4) is 0 Å². The van der Waals surface area contributed by atoms with E-state index in [1.54, 1.807) is 9.58 Å². The largest absolute Gasteiger partial charge is 0.342 e. The van der Waals surface area contributed by atoms with Gasteiger partial charge in [0.05, 0.1) is 12.2 Å². The SMILES string of the molecule is O=C([C@H]1CCC1c1nc2c(cnn2C2CCC(F)(F)CC2)c(=O)[nH]1)N1CCC(F)CC1. The molecule has 0 spiro atoms. The van der Waals surface area contributed by atoms with Crippen molar-refractivity contribution in [1.82, 2.24) is 24.6 Å². The third-order valence-corrected chi connectivity index (χ3v) is 7.19. The molecule has 2 aromatic rings. The first-order chi connectivity index (χ1) is 14.8. The van der Waals surface area contributed by atoms with Crippen molar-refractivity contribution in [2.45, 2.75) is 75.4 Å². The highest BCUT2D eigenvalue weighted by molar-refractivity contribution is 5.81. The third kappa shape index (κ3) is 3.74. The molecule has 2 aliphatic carbocycles. The predicted molar refractivity (Wildman–Crippen MR) is 107 cm³/mol. The Hall–Kier alpha value is -2.39. The van der Waals surface area contributed by atoms with Gasteiger partial charge in [0, 0.05) is 37.8 Å². The lowest BCUT2D eigenvalue weighted by Crippen LogP contribution is -2.46. The van der Waals surface area contributed by atoms with Crippen LogP contribution in [0.1, 0.15) is 69.2 Å². The average Bonchev–Trinajstić information content (AvgIpc) is 3.12. The lowest BCUT2D eigenvalue weighted by atomic mass is 9.72. The van der Waals surface area contributed by atoms with Gasteiger partial charge in [-0.15, -0.1) is 0 Å². The first-order valence-electron chi connectivity index (χ1n) is 11.1. The fraction of sp³-hybridized carbons (Fsp3) is 0.714. The van der Waals surface area contributed by atoms with E-state index < -0.39 is 12.1 Å². The van der Waals surface area contributed by atoms with Crippen LogP contribution in [0.25, 0.3) is 11.0 Å². The molecule has 2 saturated carbocycles. The number of rotatable bonds is 3. The number of hydrogen-bond acceptors (Lipinski definition) is 4. The molecule has 2 aromatic heterocycles. The lowest BCUT2D eigenvalue weighted by molar-refractivity contribution is -0.140. The van der Waals surface area contributed by atoms with Crippen LogP contribution in [-0.4, -0.2) is 55.7 Å². The van der Waals surface area contributed by atoms with Crippen molar-refractivity contribution in [2.24, 2.45) is 5.92 Å². The zero-order valence-electron chi connectivity index (χ0n) is 17.2. The minimum atomic E-state index is -2.65. The molecule has 1 amide bonds. The number of nitrogens with one attached hydrogen (secondary N) is 1. The van der Waals surface area contributed by atoms with Gasteiger partial charge in [-0.3, -0.25) is 9.59 Å². The van der Waals surface area contributed by atoms with Crippen LogP contribution >= 0.6 is 0 Å². The third-order valence-electron chi connectivity index (χ3n) is 7.19. The second-order valence-electron chi connectivity index (χ2n) is 9.15. The number of aromatic amines is 1. The Morgan fingerprint density at radius 1 is 1.10 bits per heavy atom. The zero-order chi connectivity index (χ0) is 21.8. The summed E-state index contributed by atoms with van der Waals surface area (Å²) in [7, 11) is 0. The van der Waals surface area contributed by atoms with Gasteiger partial charge in [-0.2, -0.15) is 5.10 Å². The maximum atomic E-state index is 13.6. The summed E-state index contributed by atoms with van der Waals surface area (Å²) in [6.07, 6.45) is 2.91. The molecule has 1 aliphatic heterocycles. The number of amides is 1. The number of likely N-dealkylation sites (tertiary alicyclic amines) is 1. The number of alkyl halides is 3. The topological polar surface area (TPSA) is 83.9 Å². The van der Waals surface area contributed by atoms with Gasteiger partial charge in [-0.1, -0.05) is 0 Å². The molecule has 2 atom stereocenters. The van der Waals surface area contributed by atoms with Gasteiger partial charge < -0.3 is 9.88 Å². The van der Waals surface area contributed by atoms with Crippen molar-refractivity contribution in [3.05, 3.63) is 22.4 Å². The molecule has 3 aliphatic rings. The Bertz CT molecular complexity index is 1030. The summed E-state index contributed by atoms with van der Waals surface area (Å²) in [5, 5.41) is 4.61. The molecule has 1 saturated heterocycles. The summed E-state index contributed by atoms with van der Waals surface area (Å²) in [5.41, 5.74) is 0.0639. The van der Waals surface area contributed by atoms with E-state index in [4.69, 9.17) is 0 Å². The molecule has 10 heteroatoms. The fourth-order valence-corrected chi connectivity index (χ4v) is 5.09. The monoisotopic (exact) mass is 437 g/mol. The summed E-state index contributed by atoms with van der Waals surface area (Å²) in [6, 6.07) is -0.222. The van der Waals surface area contributed by atoms with E-state index in [1.165, 1.54) is 6.20 Å². The number of nitrogens with zero attached hydrogens (tertiary/aromatic N) is 4. The van der Waals surface area contributed by atoms with Crippen molar-refractivity contribution >= 4 is 16.9 Å². The fourth-order valence-electron chi connectivity index (χ4n) is 5.09. The number of fused-ring (bicyclic) bond motifs is 1. The molecular weight excluding hydrogens is 411 g/mol. The Labute approximate surface area is 177 Å². The van der Waals surface area contributed by atoms with E-state index in [0.29, 0.717) is 49.2 Å². The van der Waals surface area contributed by atoms with E-state index in [-0.39, 0.29) is 55.0 Å². The van der Waals surface area contributed by atoms with Gasteiger partial charge >= 0.3 is 0 Å². The number of piperidine rings is 1. The Balaban J connectivity index is 1.39. The molecule has 31 heavy (non-hydrogen) atoms. The van der Waals surface area contributed by atoms with Gasteiger partial charge in [0.15, 0.2) is 5.65 Å². The second-order valence-corrected chi connectivity index (χ2v) is 9.15. The van der Waals surface area contributed by atoms with Gasteiger partial charge in [-0.05, 0) is 38.5 Å². The average molecular weight is 437 g/mol. The van der Waals surface area contributed by atoms with Crippen molar-refractivity contribution in [2.75, 3.05) is 13.1 Å². The minimum Gasteiger partial charge on any atom is -0.342 e. The molecular formula is C21H26F3N5O2. The maximum absolute atomic E-state index is 13.6. The minimum absolute atomic E-state index is 0.00563. The molecule has 1 unspecified atom stereocenters. The standard InChI is InChI=1S/C21H26F3N5O2/c22-12-5-9-28(10-6-12)20(31)15-2-1-14(15)17-26-18-16(19(30)27-17)11-25-29(18)13-3-7-21(23,24)8-4-13/h11-15H,1-10H2,(H,26,27,30)/t14?,15-/m0/s1. The first kappa shape index (κ1) is 20.5. The van der Waals surface area contributed by atoms with Gasteiger partial charge in [0.1, 0.15) is 17.4 Å². The molecule has 0 radical (unpaired) electrons. The number of halogens is 3. The van der Waals surface area contributed by atoms with Crippen LogP contribution in [0, 0.1) is 5.92 Å². The maximum Gasteiger partial charge on any atom is 0.262 e. The van der Waals surface area contributed by atoms with Crippen LogP contribution in [0.4, 0.5) is 13.2 Å². The molecule has 0 aromatic carbocycles. The Morgan fingerprint density at radius 2 is 1.81 bits per heavy atom. The summed E-state index contributed by atoms with van der Waals surface area (Å²) in [5.74, 6) is -2.68. The van der Waals surface area contributed by atoms with E-state index in [0.717, 1.165) is 6.42 Å². The van der Waals surface area contributed by atoms with Crippen LogP contribution in [-0.2, 0) is 4.79 Å². The molecule has 7 nitrogen and oxygen atoms in total. The van der Waals surface area contributed by atoms with Gasteiger partial charge in [0.25, 0.3) is 5.56 Å². The van der Waals surface area contributed by atoms with E-state index in [1.807, 2.05) is 0 Å². The van der Waals surface area contributed by atoms with Crippen LogP contribution in [0.2, 0.25) is 0 Å². The van der Waals surface area contributed by atoms with Crippen molar-refractivity contribution < 1.29 is 18.0 Å². The van der Waals surface area contributed by atoms with Crippen LogP contribution in [0.15, 0.2) is 11.0 Å². The van der Waals surface area contributed by atoms with E-state index in [9.17, 15) is 22.8 Å². The van der Waals surface area contributed by atoms with E-state index >= 15 is 0 Å². The van der Waals surface area contributed by atoms with Crippen LogP contribution in [0.3, 0.4) is 0 Å². The summed E-state index contributed by atoms with van der Waals surface area (Å²) >= 11 is 0. The molecule has 1 N–H and O–H groups in total. The normalized spacial score (nSPS) is 27.4. The number of carbonyl (C=O) groups excluding carboxylic acids is 1. The second kappa shape index (κ2) is 7.63. The molecule has 0 bridgehead atoms. The van der Waals surface area contributed by atoms with Gasteiger partial charge in [-0.25, -0.2) is 22.8 Å². The zero-order valence-corrected chi connectivity index (χ0v) is 17.2. The molecule has 168 valence electrons.